The Labute approximate surface area is 222 Å². The number of aliphatic imine (C=N–C) groups is 1. The number of allylic oxidation sites excluding steroid dienone is 1. The second-order valence-corrected chi connectivity index (χ2v) is 11.5. The molecule has 1 aliphatic rings. The maximum atomic E-state index is 6.43. The van der Waals surface area contributed by atoms with E-state index in [9.17, 15) is 0 Å². The number of nitrogens with zero attached hydrogens (tertiary/aromatic N) is 5. The molecule has 2 aromatic carbocycles. The van der Waals surface area contributed by atoms with Crippen LogP contribution in [0.1, 0.15) is 75.9 Å². The molecule has 35 heavy (non-hydrogen) atoms. The zero-order chi connectivity index (χ0) is 25.1. The Morgan fingerprint density at radius 1 is 0.971 bits per heavy atom. The van der Waals surface area contributed by atoms with Gasteiger partial charge in [0.2, 0.25) is 0 Å². The van der Waals surface area contributed by atoms with Gasteiger partial charge in [0.1, 0.15) is 5.54 Å². The van der Waals surface area contributed by atoms with Crippen LogP contribution in [0, 0.1) is 5.41 Å². The third-order valence-corrected chi connectivity index (χ3v) is 7.31. The lowest BCUT2D eigenvalue weighted by Gasteiger charge is -2.35. The molecule has 4 rings (SSSR count). The molecule has 1 atom stereocenters. The van der Waals surface area contributed by atoms with E-state index in [-0.39, 0.29) is 11.5 Å². The van der Waals surface area contributed by atoms with E-state index in [1.54, 1.807) is 6.07 Å². The van der Waals surface area contributed by atoms with Gasteiger partial charge in [-0.15, -0.1) is 5.10 Å². The van der Waals surface area contributed by atoms with E-state index < -0.39 is 5.54 Å². The van der Waals surface area contributed by atoms with Gasteiger partial charge in [-0.2, -0.15) is 0 Å². The fourth-order valence-corrected chi connectivity index (χ4v) is 5.15. The third kappa shape index (κ3) is 6.14. The number of hydrogen-bond donors (Lipinski definition) is 0. The molecule has 5 nitrogen and oxygen atoms in total. The van der Waals surface area contributed by atoms with Gasteiger partial charge in [-0.1, -0.05) is 105 Å². The molecule has 0 radical (unpaired) electrons. The van der Waals surface area contributed by atoms with Crippen LogP contribution in [0.5, 0.6) is 0 Å². The Kier molecular flexibility index (Phi) is 7.99. The van der Waals surface area contributed by atoms with E-state index in [0.29, 0.717) is 15.1 Å². The Hall–Kier alpha value is -2.21. The monoisotopic (exact) mass is 529 g/mol. The summed E-state index contributed by atoms with van der Waals surface area (Å²) < 4.78 is 1.95. The summed E-state index contributed by atoms with van der Waals surface area (Å²) in [5.74, 6) is 0.800. The van der Waals surface area contributed by atoms with Crippen molar-refractivity contribution in [3.63, 3.8) is 0 Å². The summed E-state index contributed by atoms with van der Waals surface area (Å²) in [6.45, 7) is 6.55. The van der Waals surface area contributed by atoms with Crippen LogP contribution in [0.15, 0.2) is 53.5 Å². The lowest BCUT2D eigenvalue weighted by atomic mass is 9.80. The van der Waals surface area contributed by atoms with Crippen LogP contribution in [0.4, 0.5) is 0 Å². The van der Waals surface area contributed by atoms with Gasteiger partial charge in [0.05, 0.1) is 6.04 Å². The SMILES string of the molecule is CC(C)(C)[C@@H](/C=C\c1ccc(Cl)cc1Cl)n1nnnc1C1(N=Cc2ccc(Cl)cc2)CCCCC1. The smallest absolute Gasteiger partial charge is 0.179 e. The predicted molar refractivity (Wildman–Crippen MR) is 146 cm³/mol. The van der Waals surface area contributed by atoms with Crippen LogP contribution in [-0.2, 0) is 5.54 Å². The molecule has 184 valence electrons. The van der Waals surface area contributed by atoms with Gasteiger partial charge in [-0.25, -0.2) is 4.68 Å². The first-order chi connectivity index (χ1) is 16.7. The number of aromatic nitrogens is 4. The maximum absolute atomic E-state index is 6.43. The molecular formula is C27H30Cl3N5. The van der Waals surface area contributed by atoms with E-state index in [2.05, 4.69) is 42.4 Å². The highest BCUT2D eigenvalue weighted by Gasteiger charge is 2.41. The van der Waals surface area contributed by atoms with E-state index in [0.717, 1.165) is 42.6 Å². The van der Waals surface area contributed by atoms with Gasteiger partial charge in [0.15, 0.2) is 5.82 Å². The van der Waals surface area contributed by atoms with Gasteiger partial charge in [0.25, 0.3) is 0 Å². The lowest BCUT2D eigenvalue weighted by molar-refractivity contribution is 0.228. The van der Waals surface area contributed by atoms with Crippen molar-refractivity contribution in [1.82, 2.24) is 20.2 Å². The van der Waals surface area contributed by atoms with Gasteiger partial charge in [-0.05, 0) is 64.1 Å². The zero-order valence-electron chi connectivity index (χ0n) is 20.3. The van der Waals surface area contributed by atoms with Crippen molar-refractivity contribution in [2.75, 3.05) is 0 Å². The number of benzene rings is 2. The Balaban J connectivity index is 1.74. The highest BCUT2D eigenvalue weighted by atomic mass is 35.5. The molecule has 0 amide bonds. The molecule has 0 spiro atoms. The van der Waals surface area contributed by atoms with Crippen LogP contribution in [0.2, 0.25) is 15.1 Å². The van der Waals surface area contributed by atoms with E-state index >= 15 is 0 Å². The molecule has 1 heterocycles. The minimum absolute atomic E-state index is 0.108. The second-order valence-electron chi connectivity index (χ2n) is 10.2. The molecule has 1 aliphatic carbocycles. The molecule has 0 unspecified atom stereocenters. The average molecular weight is 531 g/mol. The van der Waals surface area contributed by atoms with Crippen molar-refractivity contribution < 1.29 is 0 Å². The first-order valence-corrected chi connectivity index (χ1v) is 13.0. The van der Waals surface area contributed by atoms with Gasteiger partial charge in [0, 0.05) is 21.3 Å². The highest BCUT2D eigenvalue weighted by molar-refractivity contribution is 6.35. The quantitative estimate of drug-likeness (QED) is 0.302. The minimum atomic E-state index is -0.476. The van der Waals surface area contributed by atoms with Gasteiger partial charge in [-0.3, -0.25) is 4.99 Å². The molecule has 0 N–H and O–H groups in total. The van der Waals surface area contributed by atoms with Crippen LogP contribution in [-0.4, -0.2) is 26.4 Å². The van der Waals surface area contributed by atoms with Crippen LogP contribution in [0.3, 0.4) is 0 Å². The van der Waals surface area contributed by atoms with Crippen LogP contribution < -0.4 is 0 Å². The van der Waals surface area contributed by atoms with E-state index in [1.807, 2.05) is 53.4 Å². The number of tetrazole rings is 1. The fourth-order valence-electron chi connectivity index (χ4n) is 4.55. The summed E-state index contributed by atoms with van der Waals surface area (Å²) in [7, 11) is 0. The molecular weight excluding hydrogens is 501 g/mol. The Morgan fingerprint density at radius 3 is 2.31 bits per heavy atom. The number of hydrogen-bond acceptors (Lipinski definition) is 4. The largest absolute Gasteiger partial charge is 0.278 e. The number of rotatable bonds is 6. The van der Waals surface area contributed by atoms with Crippen molar-refractivity contribution in [3.8, 4) is 0 Å². The first-order valence-electron chi connectivity index (χ1n) is 11.9. The summed E-state index contributed by atoms with van der Waals surface area (Å²) in [6.07, 6.45) is 11.2. The molecule has 0 aliphatic heterocycles. The van der Waals surface area contributed by atoms with Crippen molar-refractivity contribution in [1.29, 1.82) is 0 Å². The molecule has 1 saturated carbocycles. The Morgan fingerprint density at radius 2 is 1.66 bits per heavy atom. The van der Waals surface area contributed by atoms with Crippen LogP contribution in [0.25, 0.3) is 6.08 Å². The standard InChI is InChI=1S/C27H30Cl3N5/c1-26(2,3)24(14-10-20-9-13-22(29)17-23(20)30)35-25(32-33-34-35)27(15-5-4-6-16-27)31-18-19-7-11-21(28)12-8-19/h7-14,17-18,24H,4-6,15-16H2,1-3H3/b14-10-,31-18?/t24-/m1/s1. The molecule has 0 bridgehead atoms. The summed E-state index contributed by atoms with van der Waals surface area (Å²) in [5, 5.41) is 15.1. The van der Waals surface area contributed by atoms with E-state index in [4.69, 9.17) is 39.8 Å². The van der Waals surface area contributed by atoms with Crippen molar-refractivity contribution in [2.45, 2.75) is 64.5 Å². The summed E-state index contributed by atoms with van der Waals surface area (Å²) >= 11 is 18.6. The minimum Gasteiger partial charge on any atom is -0.278 e. The van der Waals surface area contributed by atoms with Gasteiger partial charge >= 0.3 is 0 Å². The third-order valence-electron chi connectivity index (χ3n) is 6.49. The summed E-state index contributed by atoms with van der Waals surface area (Å²) in [5.41, 5.74) is 1.27. The highest BCUT2D eigenvalue weighted by Crippen LogP contribution is 2.42. The van der Waals surface area contributed by atoms with Crippen LogP contribution >= 0.6 is 34.8 Å². The van der Waals surface area contributed by atoms with Crippen molar-refractivity contribution in [2.24, 2.45) is 10.4 Å². The summed E-state index contributed by atoms with van der Waals surface area (Å²) in [6, 6.07) is 13.1. The molecule has 8 heteroatoms. The molecule has 3 aromatic rings. The fraction of sp³-hybridized carbons (Fsp3) is 0.407. The molecule has 1 aromatic heterocycles. The topological polar surface area (TPSA) is 56.0 Å². The summed E-state index contributed by atoms with van der Waals surface area (Å²) in [4.78, 5) is 5.13. The molecule has 0 saturated heterocycles. The second kappa shape index (κ2) is 10.8. The van der Waals surface area contributed by atoms with Gasteiger partial charge < -0.3 is 0 Å². The first kappa shape index (κ1) is 25.9. The average Bonchev–Trinajstić information content (AvgIpc) is 3.30. The van der Waals surface area contributed by atoms with Crippen molar-refractivity contribution in [3.05, 3.63) is 80.6 Å². The van der Waals surface area contributed by atoms with Crippen molar-refractivity contribution >= 4 is 47.1 Å². The Bertz CT molecular complexity index is 1200. The predicted octanol–water partition coefficient (Wildman–Crippen LogP) is 8.21. The zero-order valence-corrected chi connectivity index (χ0v) is 22.5. The molecule has 1 fully saturated rings. The lowest BCUT2D eigenvalue weighted by Crippen LogP contribution is -2.35. The van der Waals surface area contributed by atoms with E-state index in [1.165, 1.54) is 6.42 Å². The number of halogens is 3. The normalized spacial score (nSPS) is 17.3. The maximum Gasteiger partial charge on any atom is 0.179 e.